The minimum absolute atomic E-state index is 0.216. The fourth-order valence-electron chi connectivity index (χ4n) is 4.30. The van der Waals surface area contributed by atoms with Crippen LogP contribution in [0, 0.1) is 5.82 Å². The van der Waals surface area contributed by atoms with E-state index >= 15 is 0 Å². The third-order valence-corrected chi connectivity index (χ3v) is 7.31. The molecule has 0 bridgehead atoms. The minimum Gasteiger partial charge on any atom is -0.337 e. The Hall–Kier alpha value is -3.54. The van der Waals surface area contributed by atoms with Crippen molar-refractivity contribution in [1.29, 1.82) is 0 Å². The number of anilines is 3. The molecule has 184 valence electrons. The van der Waals surface area contributed by atoms with Gasteiger partial charge in [0.25, 0.3) is 0 Å². The van der Waals surface area contributed by atoms with Gasteiger partial charge in [0.1, 0.15) is 10.7 Å². The lowest BCUT2D eigenvalue weighted by Crippen LogP contribution is -2.33. The Morgan fingerprint density at radius 2 is 1.97 bits per heavy atom. The summed E-state index contributed by atoms with van der Waals surface area (Å²) in [7, 11) is -3.64. The molecule has 1 aromatic carbocycles. The van der Waals surface area contributed by atoms with E-state index in [-0.39, 0.29) is 16.7 Å². The monoisotopic (exact) mass is 499 g/mol. The third-order valence-electron chi connectivity index (χ3n) is 6.18. The molecule has 35 heavy (non-hydrogen) atoms. The summed E-state index contributed by atoms with van der Waals surface area (Å²) in [5.74, 6) is 0.850. The smallest absolute Gasteiger partial charge is 0.324 e. The van der Waals surface area contributed by atoms with E-state index in [2.05, 4.69) is 30.3 Å². The molecule has 0 amide bonds. The van der Waals surface area contributed by atoms with E-state index in [4.69, 9.17) is 4.52 Å². The number of halogens is 1. The zero-order valence-electron chi connectivity index (χ0n) is 19.6. The summed E-state index contributed by atoms with van der Waals surface area (Å²) in [5.41, 5.74) is 2.06. The molecule has 12 heteroatoms. The number of aromatic nitrogens is 5. The van der Waals surface area contributed by atoms with Gasteiger partial charge in [0, 0.05) is 61.2 Å². The average molecular weight is 500 g/mol. The highest BCUT2D eigenvalue weighted by molar-refractivity contribution is 7.90. The van der Waals surface area contributed by atoms with Crippen molar-refractivity contribution in [3.05, 3.63) is 54.1 Å². The second-order valence-corrected chi connectivity index (χ2v) is 11.0. The molecule has 0 spiro atoms. The second-order valence-electron chi connectivity index (χ2n) is 9.05. The lowest BCUT2D eigenvalue weighted by molar-refractivity contribution is 0.386. The van der Waals surface area contributed by atoms with Crippen LogP contribution in [0.4, 0.5) is 21.9 Å². The van der Waals surface area contributed by atoms with E-state index in [9.17, 15) is 12.8 Å². The average Bonchev–Trinajstić information content (AvgIpc) is 3.47. The number of hydrogen-bond donors (Lipinski definition) is 1. The molecule has 3 aromatic heterocycles. The van der Waals surface area contributed by atoms with E-state index in [1.54, 1.807) is 6.20 Å². The lowest BCUT2D eigenvalue weighted by Gasteiger charge is -2.30. The van der Waals surface area contributed by atoms with Crippen molar-refractivity contribution < 1.29 is 17.3 Å². The maximum atomic E-state index is 14.3. The molecular weight excluding hydrogens is 473 g/mol. The maximum absolute atomic E-state index is 14.3. The van der Waals surface area contributed by atoms with Crippen LogP contribution in [0.3, 0.4) is 0 Å². The van der Waals surface area contributed by atoms with Gasteiger partial charge in [-0.1, -0.05) is 19.0 Å². The summed E-state index contributed by atoms with van der Waals surface area (Å²) in [6.07, 6.45) is 8.13. The summed E-state index contributed by atoms with van der Waals surface area (Å²) in [6.45, 7) is 5.65. The zero-order chi connectivity index (χ0) is 24.7. The molecular formula is C23H26FN7O3S. The number of fused-ring (bicyclic) bond motifs is 1. The Morgan fingerprint density at radius 1 is 1.20 bits per heavy atom. The van der Waals surface area contributed by atoms with Gasteiger partial charge >= 0.3 is 6.01 Å². The number of rotatable bonds is 6. The summed E-state index contributed by atoms with van der Waals surface area (Å²) in [6, 6.07) is 4.46. The molecule has 1 aliphatic rings. The Morgan fingerprint density at radius 3 is 2.63 bits per heavy atom. The number of nitrogens with one attached hydrogen (secondary N) is 1. The van der Waals surface area contributed by atoms with Crippen LogP contribution in [0.15, 0.2) is 46.2 Å². The van der Waals surface area contributed by atoms with E-state index in [0.717, 1.165) is 43.9 Å². The van der Waals surface area contributed by atoms with E-state index in [1.807, 2.05) is 30.6 Å². The SMILES string of the molecule is CC(C)c1noc(N2CCC(c3cnc4c(Nc5ccc(S(C)(=O)=O)c(F)c5)nccn34)CC2)n1. The van der Waals surface area contributed by atoms with Crippen LogP contribution in [0.1, 0.15) is 50.0 Å². The first-order chi connectivity index (χ1) is 16.7. The van der Waals surface area contributed by atoms with Crippen molar-refractivity contribution in [2.75, 3.05) is 29.6 Å². The Labute approximate surface area is 202 Å². The van der Waals surface area contributed by atoms with Gasteiger partial charge in [0.05, 0.1) is 0 Å². The van der Waals surface area contributed by atoms with Crippen molar-refractivity contribution >= 4 is 33.0 Å². The Bertz CT molecular complexity index is 1470. The molecule has 0 unspecified atom stereocenters. The van der Waals surface area contributed by atoms with Crippen molar-refractivity contribution in [1.82, 2.24) is 24.5 Å². The zero-order valence-corrected chi connectivity index (χ0v) is 20.5. The maximum Gasteiger partial charge on any atom is 0.324 e. The molecule has 5 rings (SSSR count). The molecule has 1 N–H and O–H groups in total. The summed E-state index contributed by atoms with van der Waals surface area (Å²) in [5, 5.41) is 7.12. The van der Waals surface area contributed by atoms with Crippen molar-refractivity contribution in [2.45, 2.75) is 43.4 Å². The van der Waals surface area contributed by atoms with Crippen LogP contribution in [0.5, 0.6) is 0 Å². The molecule has 0 aliphatic carbocycles. The number of piperidine rings is 1. The van der Waals surface area contributed by atoms with Crippen LogP contribution in [0.2, 0.25) is 0 Å². The quantitative estimate of drug-likeness (QED) is 0.421. The molecule has 0 radical (unpaired) electrons. The number of hydrogen-bond acceptors (Lipinski definition) is 9. The molecule has 10 nitrogen and oxygen atoms in total. The first-order valence-electron chi connectivity index (χ1n) is 11.4. The third kappa shape index (κ3) is 4.57. The molecule has 1 saturated heterocycles. The van der Waals surface area contributed by atoms with Crippen LogP contribution in [-0.2, 0) is 9.84 Å². The molecule has 0 saturated carbocycles. The van der Waals surface area contributed by atoms with Gasteiger partial charge in [0.2, 0.25) is 0 Å². The molecule has 0 atom stereocenters. The van der Waals surface area contributed by atoms with Gasteiger partial charge in [-0.25, -0.2) is 22.8 Å². The fourth-order valence-corrected chi connectivity index (χ4v) is 5.03. The summed E-state index contributed by atoms with van der Waals surface area (Å²) >= 11 is 0. The first kappa shape index (κ1) is 23.2. The highest BCUT2D eigenvalue weighted by Gasteiger charge is 2.27. The number of sulfone groups is 1. The van der Waals surface area contributed by atoms with Crippen molar-refractivity contribution in [3.63, 3.8) is 0 Å². The lowest BCUT2D eigenvalue weighted by atomic mass is 9.94. The topological polar surface area (TPSA) is 119 Å². The summed E-state index contributed by atoms with van der Waals surface area (Å²) < 4.78 is 45.1. The Kier molecular flexibility index (Phi) is 5.91. The summed E-state index contributed by atoms with van der Waals surface area (Å²) in [4.78, 5) is 15.2. The van der Waals surface area contributed by atoms with Gasteiger partial charge in [0.15, 0.2) is 27.1 Å². The predicted molar refractivity (Wildman–Crippen MR) is 128 cm³/mol. The normalized spacial score (nSPS) is 15.3. The molecule has 1 aliphatic heterocycles. The molecule has 4 aromatic rings. The molecule has 1 fully saturated rings. The van der Waals surface area contributed by atoms with E-state index < -0.39 is 15.7 Å². The standard InChI is InChI=1S/C23H26FN7O3S/c1-14(2)20-28-23(34-29-20)30-9-6-15(7-10-30)18-13-26-22-21(25-8-11-31(18)22)27-16-4-5-19(17(24)12-16)35(3,32)33/h4-5,8,11-15H,6-7,9-10H2,1-3H3,(H,25,27). The van der Waals surface area contributed by atoms with Crippen LogP contribution >= 0.6 is 0 Å². The number of nitrogens with zero attached hydrogens (tertiary/aromatic N) is 6. The predicted octanol–water partition coefficient (Wildman–Crippen LogP) is 3.91. The van der Waals surface area contributed by atoms with Crippen molar-refractivity contribution in [3.8, 4) is 0 Å². The first-order valence-corrected chi connectivity index (χ1v) is 13.3. The number of benzene rings is 1. The number of imidazole rings is 1. The second kappa shape index (κ2) is 8.91. The van der Waals surface area contributed by atoms with Crippen LogP contribution < -0.4 is 10.2 Å². The van der Waals surface area contributed by atoms with E-state index in [0.29, 0.717) is 29.0 Å². The molecule has 4 heterocycles. The fraction of sp³-hybridized carbons (Fsp3) is 0.391. The Balaban J connectivity index is 1.33. The highest BCUT2D eigenvalue weighted by atomic mass is 32.2. The van der Waals surface area contributed by atoms with Gasteiger partial charge < -0.3 is 14.7 Å². The highest BCUT2D eigenvalue weighted by Crippen LogP contribution is 2.32. The van der Waals surface area contributed by atoms with Gasteiger partial charge in [-0.3, -0.25) is 4.40 Å². The van der Waals surface area contributed by atoms with Gasteiger partial charge in [-0.05, 0) is 31.0 Å². The van der Waals surface area contributed by atoms with E-state index in [1.165, 1.54) is 12.1 Å². The van der Waals surface area contributed by atoms with Crippen LogP contribution in [0.25, 0.3) is 5.65 Å². The van der Waals surface area contributed by atoms with Gasteiger partial charge in [-0.15, -0.1) is 0 Å². The largest absolute Gasteiger partial charge is 0.337 e. The van der Waals surface area contributed by atoms with Crippen LogP contribution in [-0.4, -0.2) is 52.3 Å². The van der Waals surface area contributed by atoms with Crippen molar-refractivity contribution in [2.24, 2.45) is 0 Å². The minimum atomic E-state index is -3.64. The van der Waals surface area contributed by atoms with Gasteiger partial charge in [-0.2, -0.15) is 4.98 Å².